The van der Waals surface area contributed by atoms with E-state index in [9.17, 15) is 0 Å². The van der Waals surface area contributed by atoms with E-state index in [1.54, 1.807) is 7.11 Å². The highest BCUT2D eigenvalue weighted by molar-refractivity contribution is 5.66. The molecule has 3 aromatic rings. The fourth-order valence-electron chi connectivity index (χ4n) is 2.62. The molecule has 0 fully saturated rings. The van der Waals surface area contributed by atoms with Crippen LogP contribution >= 0.6 is 0 Å². The number of aryl methyl sites for hydroxylation is 2. The van der Waals surface area contributed by atoms with E-state index in [0.29, 0.717) is 19.0 Å². The number of benzene rings is 1. The van der Waals surface area contributed by atoms with Crippen molar-refractivity contribution in [2.45, 2.75) is 20.1 Å². The summed E-state index contributed by atoms with van der Waals surface area (Å²) in [5.41, 5.74) is 4.38. The summed E-state index contributed by atoms with van der Waals surface area (Å²) in [6.07, 6.45) is 3.90. The number of aromatic nitrogens is 4. The van der Waals surface area contributed by atoms with Gasteiger partial charge in [0.05, 0.1) is 6.20 Å². The SMILES string of the molecule is COCc1nc(C)cc(NCc2ccccc2-c2cnn(C)c2)n1. The number of rotatable bonds is 6. The summed E-state index contributed by atoms with van der Waals surface area (Å²) in [6, 6.07) is 10.2. The average molecular weight is 323 g/mol. The molecule has 6 heteroatoms. The minimum Gasteiger partial charge on any atom is -0.377 e. The van der Waals surface area contributed by atoms with Crippen LogP contribution in [0.5, 0.6) is 0 Å². The van der Waals surface area contributed by atoms with Gasteiger partial charge in [0.2, 0.25) is 0 Å². The highest BCUT2D eigenvalue weighted by Gasteiger charge is 2.07. The van der Waals surface area contributed by atoms with Crippen molar-refractivity contribution in [1.29, 1.82) is 0 Å². The molecule has 3 rings (SSSR count). The molecule has 0 spiro atoms. The zero-order valence-corrected chi connectivity index (χ0v) is 14.2. The van der Waals surface area contributed by atoms with Crippen LogP contribution in [-0.4, -0.2) is 26.9 Å². The molecule has 24 heavy (non-hydrogen) atoms. The Balaban J connectivity index is 1.80. The Kier molecular flexibility index (Phi) is 4.86. The molecule has 0 amide bonds. The normalized spacial score (nSPS) is 10.8. The number of anilines is 1. The number of hydrogen-bond acceptors (Lipinski definition) is 5. The van der Waals surface area contributed by atoms with Crippen LogP contribution in [0, 0.1) is 6.92 Å². The second kappa shape index (κ2) is 7.23. The Morgan fingerprint density at radius 1 is 1.21 bits per heavy atom. The monoisotopic (exact) mass is 323 g/mol. The molecule has 0 atom stereocenters. The van der Waals surface area contributed by atoms with E-state index >= 15 is 0 Å². The van der Waals surface area contributed by atoms with Crippen molar-refractivity contribution >= 4 is 5.82 Å². The third kappa shape index (κ3) is 3.78. The molecule has 1 aromatic carbocycles. The summed E-state index contributed by atoms with van der Waals surface area (Å²) >= 11 is 0. The minimum atomic E-state index is 0.405. The van der Waals surface area contributed by atoms with Crippen molar-refractivity contribution in [2.24, 2.45) is 7.05 Å². The zero-order valence-electron chi connectivity index (χ0n) is 14.2. The van der Waals surface area contributed by atoms with E-state index in [1.165, 1.54) is 11.1 Å². The maximum absolute atomic E-state index is 5.12. The van der Waals surface area contributed by atoms with Gasteiger partial charge in [0, 0.05) is 44.2 Å². The lowest BCUT2D eigenvalue weighted by atomic mass is 10.0. The summed E-state index contributed by atoms with van der Waals surface area (Å²) in [5.74, 6) is 1.48. The summed E-state index contributed by atoms with van der Waals surface area (Å²) < 4.78 is 6.93. The molecule has 0 aliphatic heterocycles. The molecular weight excluding hydrogens is 302 g/mol. The van der Waals surface area contributed by atoms with E-state index in [2.05, 4.69) is 32.5 Å². The van der Waals surface area contributed by atoms with E-state index in [-0.39, 0.29) is 0 Å². The quantitative estimate of drug-likeness (QED) is 0.755. The number of ether oxygens (including phenoxy) is 1. The second-order valence-electron chi connectivity index (χ2n) is 5.66. The van der Waals surface area contributed by atoms with Crippen molar-refractivity contribution in [3.8, 4) is 11.1 Å². The Hall–Kier alpha value is -2.73. The van der Waals surface area contributed by atoms with E-state index in [0.717, 1.165) is 17.1 Å². The van der Waals surface area contributed by atoms with Crippen LogP contribution in [-0.2, 0) is 24.9 Å². The van der Waals surface area contributed by atoms with Crippen LogP contribution in [0.2, 0.25) is 0 Å². The first kappa shape index (κ1) is 16.1. The summed E-state index contributed by atoms with van der Waals surface area (Å²) in [4.78, 5) is 8.84. The third-order valence-corrected chi connectivity index (χ3v) is 3.67. The average Bonchev–Trinajstić information content (AvgIpc) is 2.99. The fraction of sp³-hybridized carbons (Fsp3) is 0.278. The molecule has 0 unspecified atom stereocenters. The maximum atomic E-state index is 5.12. The Morgan fingerprint density at radius 2 is 2.04 bits per heavy atom. The predicted molar refractivity (Wildman–Crippen MR) is 93.5 cm³/mol. The first-order valence-corrected chi connectivity index (χ1v) is 7.80. The van der Waals surface area contributed by atoms with Gasteiger partial charge in [-0.25, -0.2) is 9.97 Å². The van der Waals surface area contributed by atoms with Gasteiger partial charge < -0.3 is 10.1 Å². The van der Waals surface area contributed by atoms with Gasteiger partial charge in [0.1, 0.15) is 12.4 Å². The lowest BCUT2D eigenvalue weighted by molar-refractivity contribution is 0.177. The van der Waals surface area contributed by atoms with Gasteiger partial charge in [-0.3, -0.25) is 4.68 Å². The van der Waals surface area contributed by atoms with Crippen LogP contribution in [0.1, 0.15) is 17.1 Å². The van der Waals surface area contributed by atoms with Gasteiger partial charge in [-0.05, 0) is 18.1 Å². The van der Waals surface area contributed by atoms with Gasteiger partial charge in [0.25, 0.3) is 0 Å². The highest BCUT2D eigenvalue weighted by atomic mass is 16.5. The van der Waals surface area contributed by atoms with Crippen LogP contribution in [0.15, 0.2) is 42.7 Å². The molecular formula is C18H21N5O. The summed E-state index contributed by atoms with van der Waals surface area (Å²) in [6.45, 7) is 3.03. The van der Waals surface area contributed by atoms with Crippen molar-refractivity contribution in [3.63, 3.8) is 0 Å². The molecule has 2 heterocycles. The van der Waals surface area contributed by atoms with Gasteiger partial charge in [-0.15, -0.1) is 0 Å². The van der Waals surface area contributed by atoms with E-state index in [1.807, 2.05) is 49.2 Å². The number of nitrogens with one attached hydrogen (secondary N) is 1. The second-order valence-corrected chi connectivity index (χ2v) is 5.66. The molecule has 6 nitrogen and oxygen atoms in total. The highest BCUT2D eigenvalue weighted by Crippen LogP contribution is 2.23. The lowest BCUT2D eigenvalue weighted by Crippen LogP contribution is -2.07. The molecule has 1 N–H and O–H groups in total. The first-order chi connectivity index (χ1) is 11.7. The molecule has 0 aliphatic carbocycles. The van der Waals surface area contributed by atoms with E-state index < -0.39 is 0 Å². The molecule has 0 aliphatic rings. The van der Waals surface area contributed by atoms with Gasteiger partial charge in [-0.1, -0.05) is 24.3 Å². The molecule has 0 bridgehead atoms. The van der Waals surface area contributed by atoms with Crippen LogP contribution in [0.25, 0.3) is 11.1 Å². The third-order valence-electron chi connectivity index (χ3n) is 3.67. The molecule has 2 aromatic heterocycles. The van der Waals surface area contributed by atoms with Gasteiger partial charge in [-0.2, -0.15) is 5.10 Å². The van der Waals surface area contributed by atoms with Crippen molar-refractivity contribution in [1.82, 2.24) is 19.7 Å². The van der Waals surface area contributed by atoms with Crippen LogP contribution < -0.4 is 5.32 Å². The Labute approximate surface area is 141 Å². The summed E-state index contributed by atoms with van der Waals surface area (Å²) in [7, 11) is 3.56. The van der Waals surface area contributed by atoms with Crippen molar-refractivity contribution in [3.05, 3.63) is 59.8 Å². The number of methoxy groups -OCH3 is 1. The van der Waals surface area contributed by atoms with Gasteiger partial charge >= 0.3 is 0 Å². The molecule has 0 saturated carbocycles. The smallest absolute Gasteiger partial charge is 0.156 e. The Morgan fingerprint density at radius 3 is 2.79 bits per heavy atom. The van der Waals surface area contributed by atoms with Gasteiger partial charge in [0.15, 0.2) is 5.82 Å². The van der Waals surface area contributed by atoms with Crippen molar-refractivity contribution < 1.29 is 4.74 Å². The molecule has 0 radical (unpaired) electrons. The standard InChI is InChI=1S/C18H21N5O/c1-13-8-17(22-18(21-13)12-24-3)19-9-14-6-4-5-7-16(14)15-10-20-23(2)11-15/h4-8,10-11H,9,12H2,1-3H3,(H,19,21,22). The number of nitrogens with zero attached hydrogens (tertiary/aromatic N) is 4. The summed E-state index contributed by atoms with van der Waals surface area (Å²) in [5, 5.41) is 7.64. The largest absolute Gasteiger partial charge is 0.377 e. The Bertz CT molecular complexity index is 828. The zero-order chi connectivity index (χ0) is 16.9. The maximum Gasteiger partial charge on any atom is 0.156 e. The number of hydrogen-bond donors (Lipinski definition) is 1. The first-order valence-electron chi connectivity index (χ1n) is 7.80. The molecule has 0 saturated heterocycles. The fourth-order valence-corrected chi connectivity index (χ4v) is 2.62. The minimum absolute atomic E-state index is 0.405. The predicted octanol–water partition coefficient (Wildman–Crippen LogP) is 2.94. The van der Waals surface area contributed by atoms with Crippen molar-refractivity contribution in [2.75, 3.05) is 12.4 Å². The van der Waals surface area contributed by atoms with Crippen LogP contribution in [0.3, 0.4) is 0 Å². The topological polar surface area (TPSA) is 64.9 Å². The molecule has 124 valence electrons. The van der Waals surface area contributed by atoms with E-state index in [4.69, 9.17) is 4.74 Å². The van der Waals surface area contributed by atoms with Crippen LogP contribution in [0.4, 0.5) is 5.82 Å². The lowest BCUT2D eigenvalue weighted by Gasteiger charge is -2.11.